The molecular weight excluding hydrogens is 268 g/mol. The lowest BCUT2D eigenvalue weighted by molar-refractivity contribution is 0.712. The minimum absolute atomic E-state index is 0.0220. The van der Waals surface area contributed by atoms with E-state index in [1.807, 2.05) is 25.5 Å². The molecule has 0 aromatic carbocycles. The Bertz CT molecular complexity index is 606. The summed E-state index contributed by atoms with van der Waals surface area (Å²) >= 11 is 0. The predicted molar refractivity (Wildman–Crippen MR) is 81.6 cm³/mol. The first-order chi connectivity index (χ1) is 10.1. The predicted octanol–water partition coefficient (Wildman–Crippen LogP) is 1.32. The van der Waals surface area contributed by atoms with Gasteiger partial charge < -0.3 is 15.3 Å². The van der Waals surface area contributed by atoms with Gasteiger partial charge in [-0.25, -0.2) is 15.8 Å². The second-order valence-corrected chi connectivity index (χ2v) is 5.02. The lowest BCUT2D eigenvalue weighted by atomic mass is 10.2. The topological polar surface area (TPSA) is 107 Å². The van der Waals surface area contributed by atoms with Crippen molar-refractivity contribution in [3.63, 3.8) is 0 Å². The highest BCUT2D eigenvalue weighted by Crippen LogP contribution is 2.23. The van der Waals surface area contributed by atoms with Crippen LogP contribution in [0.4, 0.5) is 11.6 Å². The Labute approximate surface area is 124 Å². The first-order valence-electron chi connectivity index (χ1n) is 7.01. The van der Waals surface area contributed by atoms with Crippen LogP contribution in [0.3, 0.4) is 0 Å². The van der Waals surface area contributed by atoms with Gasteiger partial charge in [-0.3, -0.25) is 0 Å². The van der Waals surface area contributed by atoms with Crippen molar-refractivity contribution in [2.45, 2.75) is 39.7 Å². The quantitative estimate of drug-likeness (QED) is 0.544. The van der Waals surface area contributed by atoms with Crippen molar-refractivity contribution < 1.29 is 0 Å². The number of nitrogens with one attached hydrogen (secondary N) is 2. The number of aryl methyl sites for hydroxylation is 2. The van der Waals surface area contributed by atoms with E-state index in [4.69, 9.17) is 5.84 Å². The number of hydrogen-bond acceptors (Lipinski definition) is 7. The molecule has 0 fully saturated rings. The summed E-state index contributed by atoms with van der Waals surface area (Å²) in [6.45, 7) is 6.03. The molecule has 0 saturated heterocycles. The lowest BCUT2D eigenvalue weighted by Crippen LogP contribution is -2.18. The van der Waals surface area contributed by atoms with Crippen LogP contribution in [0.1, 0.15) is 43.5 Å². The van der Waals surface area contributed by atoms with E-state index >= 15 is 0 Å². The number of aromatic nitrogens is 5. The Kier molecular flexibility index (Phi) is 4.69. The van der Waals surface area contributed by atoms with Gasteiger partial charge in [0.15, 0.2) is 5.82 Å². The van der Waals surface area contributed by atoms with E-state index in [-0.39, 0.29) is 6.04 Å². The zero-order chi connectivity index (χ0) is 15.4. The van der Waals surface area contributed by atoms with E-state index in [0.717, 1.165) is 35.9 Å². The number of rotatable bonds is 6. The van der Waals surface area contributed by atoms with E-state index < -0.39 is 0 Å². The molecule has 0 aliphatic rings. The molecule has 0 aliphatic heterocycles. The Hall–Kier alpha value is -2.22. The van der Waals surface area contributed by atoms with E-state index in [0.29, 0.717) is 5.82 Å². The monoisotopic (exact) mass is 290 g/mol. The molecule has 21 heavy (non-hydrogen) atoms. The highest BCUT2D eigenvalue weighted by atomic mass is 15.3. The SMILES string of the molecule is CCCc1nc(NN)c(C)c(NC(C)c2nncn2C)n1. The van der Waals surface area contributed by atoms with Crippen LogP contribution in [0.25, 0.3) is 0 Å². The highest BCUT2D eigenvalue weighted by molar-refractivity contribution is 5.57. The van der Waals surface area contributed by atoms with Gasteiger partial charge >= 0.3 is 0 Å². The van der Waals surface area contributed by atoms with Gasteiger partial charge in [-0.2, -0.15) is 0 Å². The Morgan fingerprint density at radius 3 is 2.62 bits per heavy atom. The van der Waals surface area contributed by atoms with E-state index in [1.54, 1.807) is 6.33 Å². The van der Waals surface area contributed by atoms with Gasteiger partial charge in [-0.05, 0) is 20.3 Å². The number of hydrogen-bond donors (Lipinski definition) is 3. The van der Waals surface area contributed by atoms with Crippen molar-refractivity contribution >= 4 is 11.6 Å². The van der Waals surface area contributed by atoms with Crippen molar-refractivity contribution in [3.8, 4) is 0 Å². The number of nitrogens with two attached hydrogens (primary N) is 1. The maximum Gasteiger partial charge on any atom is 0.154 e. The Morgan fingerprint density at radius 2 is 2.05 bits per heavy atom. The molecule has 8 nitrogen and oxygen atoms in total. The molecule has 0 saturated carbocycles. The van der Waals surface area contributed by atoms with Crippen LogP contribution in [0.2, 0.25) is 0 Å². The van der Waals surface area contributed by atoms with E-state index in [9.17, 15) is 0 Å². The van der Waals surface area contributed by atoms with Crippen LogP contribution in [0, 0.1) is 6.92 Å². The molecule has 1 atom stereocenters. The van der Waals surface area contributed by atoms with Crippen molar-refractivity contribution in [3.05, 3.63) is 23.5 Å². The third-order valence-electron chi connectivity index (χ3n) is 3.29. The summed E-state index contributed by atoms with van der Waals surface area (Å²) in [7, 11) is 1.91. The molecule has 2 aromatic rings. The summed E-state index contributed by atoms with van der Waals surface area (Å²) < 4.78 is 1.88. The van der Waals surface area contributed by atoms with Crippen LogP contribution in [0.15, 0.2) is 6.33 Å². The van der Waals surface area contributed by atoms with Crippen molar-refractivity contribution in [2.24, 2.45) is 12.9 Å². The largest absolute Gasteiger partial charge is 0.360 e. The molecule has 114 valence electrons. The molecule has 4 N–H and O–H groups in total. The normalized spacial score (nSPS) is 12.2. The maximum atomic E-state index is 5.54. The van der Waals surface area contributed by atoms with Gasteiger partial charge in [0.1, 0.15) is 23.8 Å². The minimum Gasteiger partial charge on any atom is -0.360 e. The van der Waals surface area contributed by atoms with Crippen LogP contribution < -0.4 is 16.6 Å². The second-order valence-electron chi connectivity index (χ2n) is 5.02. The smallest absolute Gasteiger partial charge is 0.154 e. The molecule has 0 bridgehead atoms. The average Bonchev–Trinajstić information content (AvgIpc) is 2.88. The molecule has 2 aromatic heterocycles. The van der Waals surface area contributed by atoms with Crippen LogP contribution >= 0.6 is 0 Å². The van der Waals surface area contributed by atoms with Gasteiger partial charge in [-0.1, -0.05) is 6.92 Å². The molecule has 0 radical (unpaired) electrons. The fourth-order valence-corrected chi connectivity index (χ4v) is 2.13. The number of nitrogen functional groups attached to an aromatic ring is 1. The Balaban J connectivity index is 2.30. The van der Waals surface area contributed by atoms with Crippen molar-refractivity contribution in [2.75, 3.05) is 10.7 Å². The summed E-state index contributed by atoms with van der Waals surface area (Å²) in [5.41, 5.74) is 3.51. The van der Waals surface area contributed by atoms with Gasteiger partial charge in [0.2, 0.25) is 0 Å². The number of nitrogens with zero attached hydrogens (tertiary/aromatic N) is 5. The summed E-state index contributed by atoms with van der Waals surface area (Å²) in [4.78, 5) is 8.98. The Morgan fingerprint density at radius 1 is 1.33 bits per heavy atom. The zero-order valence-corrected chi connectivity index (χ0v) is 12.9. The fourth-order valence-electron chi connectivity index (χ4n) is 2.13. The first kappa shape index (κ1) is 15.2. The number of anilines is 2. The second kappa shape index (κ2) is 6.49. The van der Waals surface area contributed by atoms with Crippen LogP contribution in [-0.2, 0) is 13.5 Å². The highest BCUT2D eigenvalue weighted by Gasteiger charge is 2.16. The van der Waals surface area contributed by atoms with Gasteiger partial charge in [-0.15, -0.1) is 10.2 Å². The summed E-state index contributed by atoms with van der Waals surface area (Å²) in [6.07, 6.45) is 3.46. The summed E-state index contributed by atoms with van der Waals surface area (Å²) in [6, 6.07) is -0.0220. The van der Waals surface area contributed by atoms with E-state index in [1.165, 1.54) is 0 Å². The first-order valence-corrected chi connectivity index (χ1v) is 7.01. The summed E-state index contributed by atoms with van der Waals surface area (Å²) in [5.74, 6) is 8.55. The molecular formula is C13H22N8. The van der Waals surface area contributed by atoms with Crippen molar-refractivity contribution in [1.29, 1.82) is 0 Å². The molecule has 8 heteroatoms. The van der Waals surface area contributed by atoms with Gasteiger partial charge in [0.05, 0.1) is 6.04 Å². The molecule has 0 aliphatic carbocycles. The lowest BCUT2D eigenvalue weighted by Gasteiger charge is -2.17. The van der Waals surface area contributed by atoms with Crippen LogP contribution in [-0.4, -0.2) is 24.7 Å². The molecule has 2 rings (SSSR count). The molecule has 1 unspecified atom stereocenters. The fraction of sp³-hybridized carbons (Fsp3) is 0.538. The minimum atomic E-state index is -0.0220. The number of hydrazine groups is 1. The standard InChI is InChI=1S/C13H22N8/c1-5-6-10-17-11(8(2)12(18-10)19-14)16-9(3)13-20-15-7-21(13)4/h7,9H,5-6,14H2,1-4H3,(H2,16,17,18,19). The van der Waals surface area contributed by atoms with Gasteiger partial charge in [0.25, 0.3) is 0 Å². The third kappa shape index (κ3) is 3.27. The molecule has 0 amide bonds. The third-order valence-corrected chi connectivity index (χ3v) is 3.29. The van der Waals surface area contributed by atoms with E-state index in [2.05, 4.69) is 37.8 Å². The molecule has 2 heterocycles. The van der Waals surface area contributed by atoms with Crippen LogP contribution in [0.5, 0.6) is 0 Å². The van der Waals surface area contributed by atoms with Crippen molar-refractivity contribution in [1.82, 2.24) is 24.7 Å². The average molecular weight is 290 g/mol. The maximum absolute atomic E-state index is 5.54. The summed E-state index contributed by atoms with van der Waals surface area (Å²) in [5, 5.41) is 11.4. The molecule has 0 spiro atoms. The van der Waals surface area contributed by atoms with Gasteiger partial charge in [0, 0.05) is 19.0 Å². The zero-order valence-electron chi connectivity index (χ0n) is 12.9.